The Kier molecular flexibility index (Phi) is 4.77. The summed E-state index contributed by atoms with van der Waals surface area (Å²) in [5.41, 5.74) is 0. The molecule has 1 heterocycles. The molecule has 5 nitrogen and oxygen atoms in total. The van der Waals surface area contributed by atoms with E-state index in [2.05, 4.69) is 0 Å². The van der Waals surface area contributed by atoms with Crippen LogP contribution in [0.15, 0.2) is 0 Å². The average Bonchev–Trinajstić information content (AvgIpc) is 2.19. The number of aliphatic hydroxyl groups is 3. The molecule has 0 aromatic carbocycles. The van der Waals surface area contributed by atoms with Gasteiger partial charge in [0.25, 0.3) is 0 Å². The molecule has 0 spiro atoms. The Morgan fingerprint density at radius 3 is 2.71 bits per heavy atom. The van der Waals surface area contributed by atoms with E-state index < -0.39 is 24.6 Å². The third-order valence-electron chi connectivity index (χ3n) is 2.22. The molecular weight excluding hydrogens is 188 g/mol. The van der Waals surface area contributed by atoms with Crippen molar-refractivity contribution in [1.82, 2.24) is 0 Å². The summed E-state index contributed by atoms with van der Waals surface area (Å²) in [6.07, 6.45) is -2.07. The topological polar surface area (TPSA) is 79.2 Å². The van der Waals surface area contributed by atoms with E-state index in [9.17, 15) is 10.2 Å². The highest BCUT2D eigenvalue weighted by molar-refractivity contribution is 4.82. The first-order valence-electron chi connectivity index (χ1n) is 4.93. The Bertz CT molecular complexity index is 163. The van der Waals surface area contributed by atoms with Gasteiger partial charge in [0, 0.05) is 13.0 Å². The van der Waals surface area contributed by atoms with Crippen LogP contribution in [0.1, 0.15) is 19.8 Å². The number of hydrogen-bond acceptors (Lipinski definition) is 5. The second kappa shape index (κ2) is 5.63. The minimum Gasteiger partial charge on any atom is -0.394 e. The first-order chi connectivity index (χ1) is 6.69. The second-order valence-corrected chi connectivity index (χ2v) is 3.45. The van der Waals surface area contributed by atoms with Crippen molar-refractivity contribution in [2.24, 2.45) is 0 Å². The van der Waals surface area contributed by atoms with Gasteiger partial charge in [-0.05, 0) is 6.42 Å². The van der Waals surface area contributed by atoms with E-state index >= 15 is 0 Å². The van der Waals surface area contributed by atoms with Crippen LogP contribution in [0.3, 0.4) is 0 Å². The van der Waals surface area contributed by atoms with Crippen LogP contribution in [-0.4, -0.2) is 53.1 Å². The Hall–Kier alpha value is -0.200. The van der Waals surface area contributed by atoms with E-state index in [-0.39, 0.29) is 13.0 Å². The second-order valence-electron chi connectivity index (χ2n) is 3.45. The van der Waals surface area contributed by atoms with Gasteiger partial charge in [-0.15, -0.1) is 0 Å². The predicted molar refractivity (Wildman–Crippen MR) is 48.6 cm³/mol. The number of hydrogen-bond donors (Lipinski definition) is 3. The molecule has 1 rings (SSSR count). The molecule has 0 aromatic heterocycles. The molecule has 5 heteroatoms. The molecule has 1 fully saturated rings. The molecule has 1 aliphatic rings. The molecule has 0 amide bonds. The summed E-state index contributed by atoms with van der Waals surface area (Å²) in [6.45, 7) is 2.20. The Morgan fingerprint density at radius 2 is 2.14 bits per heavy atom. The normalized spacial score (nSPS) is 38.6. The summed E-state index contributed by atoms with van der Waals surface area (Å²) in [7, 11) is 0. The van der Waals surface area contributed by atoms with Crippen molar-refractivity contribution >= 4 is 0 Å². The fourth-order valence-corrected chi connectivity index (χ4v) is 1.42. The molecule has 0 aromatic rings. The molecule has 4 atom stereocenters. The van der Waals surface area contributed by atoms with E-state index in [0.717, 1.165) is 6.42 Å². The SMILES string of the molecule is CCCO[C@@H]1C[C@@H](O)[C@H](O)[C@@H](CO)O1. The molecule has 0 unspecified atom stereocenters. The van der Waals surface area contributed by atoms with Crippen LogP contribution in [-0.2, 0) is 9.47 Å². The zero-order valence-electron chi connectivity index (χ0n) is 8.30. The van der Waals surface area contributed by atoms with Crippen LogP contribution in [0.5, 0.6) is 0 Å². The van der Waals surface area contributed by atoms with Crippen LogP contribution >= 0.6 is 0 Å². The number of rotatable bonds is 4. The Morgan fingerprint density at radius 1 is 1.43 bits per heavy atom. The third kappa shape index (κ3) is 2.90. The van der Waals surface area contributed by atoms with Gasteiger partial charge in [-0.1, -0.05) is 6.92 Å². The van der Waals surface area contributed by atoms with Gasteiger partial charge in [0.15, 0.2) is 6.29 Å². The number of aliphatic hydroxyl groups excluding tert-OH is 3. The summed E-state index contributed by atoms with van der Waals surface area (Å²) in [5, 5.41) is 27.7. The lowest BCUT2D eigenvalue weighted by Gasteiger charge is -2.35. The first-order valence-corrected chi connectivity index (χ1v) is 4.93. The zero-order chi connectivity index (χ0) is 10.6. The van der Waals surface area contributed by atoms with Crippen LogP contribution in [0.2, 0.25) is 0 Å². The van der Waals surface area contributed by atoms with Crippen LogP contribution in [0.4, 0.5) is 0 Å². The molecular formula is C9H18O5. The molecule has 84 valence electrons. The van der Waals surface area contributed by atoms with Crippen molar-refractivity contribution in [3.05, 3.63) is 0 Å². The summed E-state index contributed by atoms with van der Waals surface area (Å²) in [6, 6.07) is 0. The van der Waals surface area contributed by atoms with Gasteiger partial charge < -0.3 is 24.8 Å². The summed E-state index contributed by atoms with van der Waals surface area (Å²) < 4.78 is 10.5. The Labute approximate surface area is 83.3 Å². The summed E-state index contributed by atoms with van der Waals surface area (Å²) in [4.78, 5) is 0. The maximum atomic E-state index is 9.43. The smallest absolute Gasteiger partial charge is 0.160 e. The van der Waals surface area contributed by atoms with Crippen molar-refractivity contribution in [3.63, 3.8) is 0 Å². The minimum absolute atomic E-state index is 0.248. The molecule has 0 bridgehead atoms. The van der Waals surface area contributed by atoms with Gasteiger partial charge in [0.1, 0.15) is 12.2 Å². The average molecular weight is 206 g/mol. The van der Waals surface area contributed by atoms with Gasteiger partial charge in [0.2, 0.25) is 0 Å². The van der Waals surface area contributed by atoms with E-state index in [1.165, 1.54) is 0 Å². The highest BCUT2D eigenvalue weighted by Crippen LogP contribution is 2.20. The van der Waals surface area contributed by atoms with Gasteiger partial charge in [0.05, 0.1) is 12.7 Å². The van der Waals surface area contributed by atoms with Crippen LogP contribution in [0, 0.1) is 0 Å². The molecule has 14 heavy (non-hydrogen) atoms. The zero-order valence-corrected chi connectivity index (χ0v) is 8.30. The molecule has 1 aliphatic heterocycles. The van der Waals surface area contributed by atoms with Gasteiger partial charge in [-0.25, -0.2) is 0 Å². The monoisotopic (exact) mass is 206 g/mol. The van der Waals surface area contributed by atoms with Crippen molar-refractivity contribution in [2.75, 3.05) is 13.2 Å². The highest BCUT2D eigenvalue weighted by Gasteiger charge is 2.36. The first kappa shape index (κ1) is 11.9. The maximum absolute atomic E-state index is 9.43. The molecule has 3 N–H and O–H groups in total. The van der Waals surface area contributed by atoms with Crippen molar-refractivity contribution in [3.8, 4) is 0 Å². The van der Waals surface area contributed by atoms with Crippen LogP contribution < -0.4 is 0 Å². The third-order valence-corrected chi connectivity index (χ3v) is 2.22. The lowest BCUT2D eigenvalue weighted by molar-refractivity contribution is -0.256. The minimum atomic E-state index is -1.03. The fraction of sp³-hybridized carbons (Fsp3) is 1.00. The molecule has 0 radical (unpaired) electrons. The fourth-order valence-electron chi connectivity index (χ4n) is 1.42. The van der Waals surface area contributed by atoms with E-state index in [0.29, 0.717) is 6.61 Å². The predicted octanol–water partition coefficient (Wildman–Crippen LogP) is -0.758. The molecule has 0 saturated carbocycles. The summed E-state index contributed by atoms with van der Waals surface area (Å²) in [5.74, 6) is 0. The largest absolute Gasteiger partial charge is 0.394 e. The lowest BCUT2D eigenvalue weighted by atomic mass is 10.0. The van der Waals surface area contributed by atoms with Crippen molar-refractivity contribution < 1.29 is 24.8 Å². The quantitative estimate of drug-likeness (QED) is 0.563. The number of ether oxygens (including phenoxy) is 2. The highest BCUT2D eigenvalue weighted by atomic mass is 16.7. The van der Waals surface area contributed by atoms with Crippen molar-refractivity contribution in [1.29, 1.82) is 0 Å². The van der Waals surface area contributed by atoms with E-state index in [1.54, 1.807) is 0 Å². The summed E-state index contributed by atoms with van der Waals surface area (Å²) >= 11 is 0. The van der Waals surface area contributed by atoms with Gasteiger partial charge in [-0.3, -0.25) is 0 Å². The molecule has 1 saturated heterocycles. The van der Waals surface area contributed by atoms with E-state index in [1.807, 2.05) is 6.92 Å². The van der Waals surface area contributed by atoms with E-state index in [4.69, 9.17) is 14.6 Å². The standard InChI is InChI=1S/C9H18O5/c1-2-3-13-8-4-6(11)9(12)7(5-10)14-8/h6-12H,2-5H2,1H3/t6-,7-,8+,9+/m1/s1. The maximum Gasteiger partial charge on any atom is 0.160 e. The van der Waals surface area contributed by atoms with Crippen molar-refractivity contribution in [2.45, 2.75) is 44.4 Å². The molecule has 0 aliphatic carbocycles. The van der Waals surface area contributed by atoms with Gasteiger partial charge >= 0.3 is 0 Å². The Balaban J connectivity index is 2.41. The van der Waals surface area contributed by atoms with Gasteiger partial charge in [-0.2, -0.15) is 0 Å². The lowest BCUT2D eigenvalue weighted by Crippen LogP contribution is -2.50. The van der Waals surface area contributed by atoms with Crippen LogP contribution in [0.25, 0.3) is 0 Å².